The van der Waals surface area contributed by atoms with Crippen LogP contribution in [0.3, 0.4) is 0 Å². The van der Waals surface area contributed by atoms with E-state index in [0.29, 0.717) is 5.56 Å². The average Bonchev–Trinajstić information content (AvgIpc) is 3.14. The zero-order chi connectivity index (χ0) is 28.9. The Kier molecular flexibility index (Phi) is 9.68. The van der Waals surface area contributed by atoms with Gasteiger partial charge in [-0.1, -0.05) is 76.6 Å². The van der Waals surface area contributed by atoms with Crippen LogP contribution in [0, 0.1) is 0 Å². The maximum atomic E-state index is 11.5. The lowest BCUT2D eigenvalue weighted by atomic mass is 9.82. The third-order valence-electron chi connectivity index (χ3n) is 8.19. The number of carboxylic acids is 1. The summed E-state index contributed by atoms with van der Waals surface area (Å²) in [4.78, 5) is 14.0. The minimum atomic E-state index is -1.15. The molecule has 0 saturated carbocycles. The van der Waals surface area contributed by atoms with Crippen molar-refractivity contribution in [2.24, 2.45) is 0 Å². The normalized spacial score (nSPS) is 18.5. The van der Waals surface area contributed by atoms with E-state index in [2.05, 4.69) is 43.9 Å². The molecule has 2 aromatic rings. The van der Waals surface area contributed by atoms with Gasteiger partial charge in [0.15, 0.2) is 0 Å². The Morgan fingerprint density at radius 2 is 1.80 bits per heavy atom. The molecule has 2 aliphatic rings. The molecule has 0 amide bonds. The van der Waals surface area contributed by atoms with Crippen molar-refractivity contribution in [2.45, 2.75) is 84.0 Å². The van der Waals surface area contributed by atoms with E-state index < -0.39 is 5.97 Å². The number of fused-ring (bicyclic) bond motifs is 1. The fraction of sp³-hybridized carbons (Fsp3) is 0.441. The lowest BCUT2D eigenvalue weighted by Crippen LogP contribution is -2.27. The van der Waals surface area contributed by atoms with E-state index in [1.165, 1.54) is 61.2 Å². The van der Waals surface area contributed by atoms with Crippen molar-refractivity contribution in [1.82, 2.24) is 0 Å². The number of aromatic hydroxyl groups is 1. The predicted molar refractivity (Wildman–Crippen MR) is 165 cm³/mol. The lowest BCUT2D eigenvalue weighted by molar-refractivity contribution is 0.0693. The molecule has 6 heteroatoms. The molecule has 4 rings (SSSR count). The van der Waals surface area contributed by atoms with Crippen LogP contribution >= 0.6 is 11.6 Å². The number of ether oxygens (including phenoxy) is 1. The van der Waals surface area contributed by atoms with Crippen LogP contribution in [-0.4, -0.2) is 29.8 Å². The minimum absolute atomic E-state index is 0.112. The van der Waals surface area contributed by atoms with Gasteiger partial charge in [0.2, 0.25) is 0 Å². The van der Waals surface area contributed by atoms with Crippen LogP contribution in [0.1, 0.15) is 100 Å². The second-order valence-electron chi connectivity index (χ2n) is 11.4. The summed E-state index contributed by atoms with van der Waals surface area (Å²) in [6.45, 7) is 7.75. The molecule has 0 spiro atoms. The minimum Gasteiger partial charge on any atom is -0.507 e. The van der Waals surface area contributed by atoms with Gasteiger partial charge in [-0.3, -0.25) is 0 Å². The molecule has 2 aromatic carbocycles. The van der Waals surface area contributed by atoms with E-state index in [1.54, 1.807) is 13.2 Å². The first-order valence-electron chi connectivity index (χ1n) is 14.5. The molecule has 1 heterocycles. The van der Waals surface area contributed by atoms with Gasteiger partial charge in [0, 0.05) is 28.4 Å². The highest BCUT2D eigenvalue weighted by atomic mass is 35.5. The zero-order valence-corrected chi connectivity index (χ0v) is 25.0. The van der Waals surface area contributed by atoms with Crippen LogP contribution in [0.5, 0.6) is 11.5 Å². The fourth-order valence-corrected chi connectivity index (χ4v) is 6.18. The molecule has 1 aliphatic heterocycles. The number of allylic oxidation sites excluding steroid dienone is 5. The monoisotopic (exact) mass is 563 g/mol. The number of nitrogens with zero attached hydrogens (tertiary/aromatic N) is 1. The van der Waals surface area contributed by atoms with Crippen LogP contribution in [-0.2, 0) is 5.41 Å². The highest BCUT2D eigenvalue weighted by molar-refractivity contribution is 6.33. The topological polar surface area (TPSA) is 70.0 Å². The number of halogens is 1. The highest BCUT2D eigenvalue weighted by Crippen LogP contribution is 2.50. The highest BCUT2D eigenvalue weighted by Gasteiger charge is 2.40. The molecule has 0 fully saturated rings. The van der Waals surface area contributed by atoms with Gasteiger partial charge < -0.3 is 19.8 Å². The van der Waals surface area contributed by atoms with Gasteiger partial charge in [0.25, 0.3) is 0 Å². The summed E-state index contributed by atoms with van der Waals surface area (Å²) in [6.07, 6.45) is 14.4. The smallest absolute Gasteiger partial charge is 0.339 e. The molecule has 5 nitrogen and oxygen atoms in total. The molecule has 0 aromatic heterocycles. The van der Waals surface area contributed by atoms with Crippen molar-refractivity contribution in [3.8, 4) is 11.5 Å². The maximum Gasteiger partial charge on any atom is 0.339 e. The average molecular weight is 564 g/mol. The van der Waals surface area contributed by atoms with Gasteiger partial charge in [0.05, 0.1) is 7.11 Å². The second kappa shape index (κ2) is 13.0. The van der Waals surface area contributed by atoms with Gasteiger partial charge in [-0.15, -0.1) is 0 Å². The Morgan fingerprint density at radius 1 is 1.05 bits per heavy atom. The maximum absolute atomic E-state index is 11.5. The summed E-state index contributed by atoms with van der Waals surface area (Å²) in [5, 5.41) is 20.0. The van der Waals surface area contributed by atoms with Crippen LogP contribution < -0.4 is 9.64 Å². The van der Waals surface area contributed by atoms with Crippen molar-refractivity contribution >= 4 is 29.3 Å². The van der Waals surface area contributed by atoms with E-state index in [9.17, 15) is 15.0 Å². The van der Waals surface area contributed by atoms with Crippen LogP contribution in [0.2, 0.25) is 0 Å². The molecule has 0 atom stereocenters. The Bertz CT molecular complexity index is 1340. The van der Waals surface area contributed by atoms with Crippen LogP contribution in [0.4, 0.5) is 5.69 Å². The number of benzene rings is 2. The molecule has 2 N–H and O–H groups in total. The number of anilines is 1. The summed E-state index contributed by atoms with van der Waals surface area (Å²) in [5.74, 6) is -0.531. The van der Waals surface area contributed by atoms with E-state index in [0.717, 1.165) is 54.2 Å². The quantitative estimate of drug-likeness (QED) is 0.267. The first kappa shape index (κ1) is 29.8. The number of unbranched alkanes of at least 4 members (excludes halogenated alkanes) is 5. The van der Waals surface area contributed by atoms with Gasteiger partial charge in [0.1, 0.15) is 17.1 Å². The summed E-state index contributed by atoms with van der Waals surface area (Å²) in [6, 6.07) is 11.0. The zero-order valence-electron chi connectivity index (χ0n) is 24.2. The van der Waals surface area contributed by atoms with E-state index in [-0.39, 0.29) is 16.7 Å². The van der Waals surface area contributed by atoms with Gasteiger partial charge in [-0.25, -0.2) is 4.79 Å². The van der Waals surface area contributed by atoms with Crippen molar-refractivity contribution in [1.29, 1.82) is 0 Å². The summed E-state index contributed by atoms with van der Waals surface area (Å²) < 4.78 is 5.58. The molecular formula is C34H42ClNO4. The number of phenols is 1. The largest absolute Gasteiger partial charge is 0.507 e. The number of carboxylic acid groups (broad SMARTS) is 1. The summed E-state index contributed by atoms with van der Waals surface area (Å²) in [7, 11) is 1.71. The number of hydrogen-bond donors (Lipinski definition) is 2. The Balaban J connectivity index is 1.69. The molecule has 1 aliphatic carbocycles. The number of methoxy groups -OCH3 is 1. The van der Waals surface area contributed by atoms with Gasteiger partial charge in [-0.05, 0) is 84.4 Å². The van der Waals surface area contributed by atoms with Crippen molar-refractivity contribution in [2.75, 3.05) is 18.6 Å². The molecule has 40 heavy (non-hydrogen) atoms. The Morgan fingerprint density at radius 3 is 2.52 bits per heavy atom. The third-order valence-corrected chi connectivity index (χ3v) is 8.68. The molecule has 214 valence electrons. The molecular weight excluding hydrogens is 522 g/mol. The van der Waals surface area contributed by atoms with E-state index >= 15 is 0 Å². The number of carbonyl (C=O) groups is 1. The van der Waals surface area contributed by atoms with E-state index in [4.69, 9.17) is 16.3 Å². The molecule has 0 saturated heterocycles. The predicted octanol–water partition coefficient (Wildman–Crippen LogP) is 9.20. The van der Waals surface area contributed by atoms with Crippen molar-refractivity contribution < 1.29 is 19.7 Å². The van der Waals surface area contributed by atoms with Crippen LogP contribution in [0.25, 0.3) is 6.08 Å². The SMILES string of the molecule is CCCCCCCCN1/C(=C/C2=C(Cl)C(=C/c3ccc(O)c(C(=O)O)c3)/CCC2)C(C)(C)c2cc(OC)ccc21. The Labute approximate surface area is 243 Å². The molecule has 0 unspecified atom stereocenters. The Hall–Kier alpha value is -3.18. The molecule has 0 radical (unpaired) electrons. The fourth-order valence-electron chi connectivity index (χ4n) is 5.88. The summed E-state index contributed by atoms with van der Waals surface area (Å²) >= 11 is 7.05. The second-order valence-corrected chi connectivity index (χ2v) is 11.8. The first-order valence-corrected chi connectivity index (χ1v) is 14.9. The van der Waals surface area contributed by atoms with Gasteiger partial charge >= 0.3 is 5.97 Å². The first-order chi connectivity index (χ1) is 19.2. The number of hydrogen-bond acceptors (Lipinski definition) is 4. The number of rotatable bonds is 11. The van der Waals surface area contributed by atoms with Crippen molar-refractivity contribution in [3.63, 3.8) is 0 Å². The lowest BCUT2D eigenvalue weighted by Gasteiger charge is -2.29. The summed E-state index contributed by atoms with van der Waals surface area (Å²) in [5.41, 5.74) is 6.21. The van der Waals surface area contributed by atoms with Gasteiger partial charge in [-0.2, -0.15) is 0 Å². The van der Waals surface area contributed by atoms with E-state index in [1.807, 2.05) is 12.1 Å². The standard InChI is InChI=1S/C34H42ClNO4/c1-5-6-7-8-9-10-18-36-29-16-15-26(40-4)22-28(29)34(2,3)31(36)21-25-13-11-12-24(32(25)35)19-23-14-17-30(37)27(20-23)33(38)39/h14-17,19-22,37H,5-13,18H2,1-4H3,(H,38,39)/b24-19+,31-21+. The number of aromatic carboxylic acids is 1. The molecule has 0 bridgehead atoms. The van der Waals surface area contributed by atoms with Crippen LogP contribution in [0.15, 0.2) is 64.3 Å². The van der Waals surface area contributed by atoms with Crippen molar-refractivity contribution in [3.05, 3.63) is 81.0 Å². The third kappa shape index (κ3) is 6.41.